The van der Waals surface area contributed by atoms with Crippen molar-refractivity contribution in [1.29, 1.82) is 0 Å². The molecule has 2 N–H and O–H groups in total. The van der Waals surface area contributed by atoms with Crippen molar-refractivity contribution in [3.05, 3.63) is 23.2 Å². The largest absolute Gasteiger partial charge is 0.466 e. The molecule has 0 bridgehead atoms. The van der Waals surface area contributed by atoms with Crippen molar-refractivity contribution in [2.45, 2.75) is 13.8 Å². The fourth-order valence-electron chi connectivity index (χ4n) is 1.67. The quantitative estimate of drug-likeness (QED) is 0.613. The van der Waals surface area contributed by atoms with Crippen LogP contribution in [-0.2, 0) is 14.3 Å². The molecular formula is C14H16N4O3S2. The topological polar surface area (TPSA) is 93.2 Å². The Bertz CT molecular complexity index is 736. The number of hydrogen-bond acceptors (Lipinski definition) is 8. The van der Waals surface area contributed by atoms with Gasteiger partial charge in [0.15, 0.2) is 10.3 Å². The normalized spacial score (nSPS) is 10.7. The van der Waals surface area contributed by atoms with E-state index < -0.39 is 5.97 Å². The van der Waals surface area contributed by atoms with Crippen molar-refractivity contribution in [3.8, 4) is 10.6 Å². The lowest BCUT2D eigenvalue weighted by molar-refractivity contribution is -0.134. The van der Waals surface area contributed by atoms with Gasteiger partial charge in [0.25, 0.3) is 0 Å². The van der Waals surface area contributed by atoms with Crippen LogP contribution < -0.4 is 10.6 Å². The Morgan fingerprint density at radius 1 is 1.35 bits per heavy atom. The minimum atomic E-state index is -0.391. The number of carbonyl (C=O) groups excluding carboxylic acids is 2. The Hall–Kier alpha value is -2.26. The van der Waals surface area contributed by atoms with Crippen LogP contribution in [0.25, 0.3) is 10.6 Å². The van der Waals surface area contributed by atoms with Crippen molar-refractivity contribution >= 4 is 44.8 Å². The summed E-state index contributed by atoms with van der Waals surface area (Å²) in [5.41, 5.74) is 1.63. The van der Waals surface area contributed by atoms with E-state index in [1.54, 1.807) is 6.08 Å². The molecule has 122 valence electrons. The summed E-state index contributed by atoms with van der Waals surface area (Å²) in [6.07, 6.45) is 3.02. The second kappa shape index (κ2) is 7.84. The molecule has 2 heterocycles. The minimum Gasteiger partial charge on any atom is -0.466 e. The number of esters is 1. The van der Waals surface area contributed by atoms with Gasteiger partial charge < -0.3 is 15.4 Å². The van der Waals surface area contributed by atoms with Crippen LogP contribution in [0.1, 0.15) is 12.6 Å². The summed E-state index contributed by atoms with van der Waals surface area (Å²) in [5.74, 6) is -0.541. The standard InChI is InChI=1S/C14H16N4O3S2/c1-8-12(23-14(16-8)17-9(2)19)10-7-22-13(18-10)15-6-4-5-11(20)21-3/h4-5,7H,6H2,1-3H3,(H,15,18)(H,16,17,19). The Morgan fingerprint density at radius 2 is 2.13 bits per heavy atom. The SMILES string of the molecule is COC(=O)C=CCNc1nc(-c2sc(NC(C)=O)nc2C)cs1. The lowest BCUT2D eigenvalue weighted by atomic mass is 10.3. The number of hydrogen-bond donors (Lipinski definition) is 2. The van der Waals surface area contributed by atoms with Crippen LogP contribution in [0, 0.1) is 6.92 Å². The third kappa shape index (κ3) is 4.86. The molecule has 0 saturated heterocycles. The lowest BCUT2D eigenvalue weighted by Crippen LogP contribution is -2.04. The first-order valence-corrected chi connectivity index (χ1v) is 8.38. The highest BCUT2D eigenvalue weighted by Crippen LogP contribution is 2.34. The molecule has 0 aromatic carbocycles. The van der Waals surface area contributed by atoms with Gasteiger partial charge in [-0.25, -0.2) is 14.8 Å². The maximum Gasteiger partial charge on any atom is 0.330 e. The molecule has 0 fully saturated rings. The second-order valence-corrected chi connectivity index (χ2v) is 6.32. The molecule has 0 radical (unpaired) electrons. The molecule has 0 unspecified atom stereocenters. The van der Waals surface area contributed by atoms with Gasteiger partial charge in [0.05, 0.1) is 23.4 Å². The van der Waals surface area contributed by atoms with Crippen molar-refractivity contribution in [1.82, 2.24) is 9.97 Å². The van der Waals surface area contributed by atoms with Gasteiger partial charge in [0, 0.05) is 24.9 Å². The predicted molar refractivity (Wildman–Crippen MR) is 91.9 cm³/mol. The highest BCUT2D eigenvalue weighted by atomic mass is 32.1. The molecule has 0 aliphatic carbocycles. The summed E-state index contributed by atoms with van der Waals surface area (Å²) in [4.78, 5) is 31.7. The lowest BCUT2D eigenvalue weighted by Gasteiger charge is -1.96. The van der Waals surface area contributed by atoms with Gasteiger partial charge in [0.1, 0.15) is 0 Å². The molecule has 0 aliphatic rings. The average molecular weight is 352 g/mol. The van der Waals surface area contributed by atoms with E-state index in [9.17, 15) is 9.59 Å². The number of anilines is 2. The van der Waals surface area contributed by atoms with E-state index in [2.05, 4.69) is 25.3 Å². The fourth-order valence-corrected chi connectivity index (χ4v) is 3.43. The van der Waals surface area contributed by atoms with Gasteiger partial charge in [-0.1, -0.05) is 17.4 Å². The highest BCUT2D eigenvalue weighted by Gasteiger charge is 2.13. The third-order valence-corrected chi connectivity index (χ3v) is 4.54. The van der Waals surface area contributed by atoms with Crippen molar-refractivity contribution in [2.24, 2.45) is 0 Å². The van der Waals surface area contributed by atoms with Crippen LogP contribution in [0.3, 0.4) is 0 Å². The van der Waals surface area contributed by atoms with Crippen LogP contribution in [0.5, 0.6) is 0 Å². The predicted octanol–water partition coefficient (Wildman–Crippen LogP) is 2.67. The molecule has 0 spiro atoms. The Labute approximate surface area is 141 Å². The maximum absolute atomic E-state index is 11.1. The monoisotopic (exact) mass is 352 g/mol. The van der Waals surface area contributed by atoms with Crippen LogP contribution in [0.15, 0.2) is 17.5 Å². The van der Waals surface area contributed by atoms with Gasteiger partial charge in [-0.15, -0.1) is 11.3 Å². The first-order chi connectivity index (χ1) is 11.0. The maximum atomic E-state index is 11.1. The average Bonchev–Trinajstić information content (AvgIpc) is 3.09. The van der Waals surface area contributed by atoms with Crippen molar-refractivity contribution < 1.29 is 14.3 Å². The number of nitrogens with zero attached hydrogens (tertiary/aromatic N) is 2. The number of thiazole rings is 2. The zero-order valence-electron chi connectivity index (χ0n) is 12.9. The molecule has 2 aromatic heterocycles. The van der Waals surface area contributed by atoms with E-state index in [1.807, 2.05) is 12.3 Å². The molecule has 0 atom stereocenters. The summed E-state index contributed by atoms with van der Waals surface area (Å²) in [6, 6.07) is 0. The van der Waals surface area contributed by atoms with E-state index in [0.717, 1.165) is 21.4 Å². The minimum absolute atomic E-state index is 0.150. The molecule has 23 heavy (non-hydrogen) atoms. The van der Waals surface area contributed by atoms with Crippen molar-refractivity contribution in [2.75, 3.05) is 24.3 Å². The zero-order chi connectivity index (χ0) is 16.8. The van der Waals surface area contributed by atoms with E-state index >= 15 is 0 Å². The first-order valence-electron chi connectivity index (χ1n) is 6.69. The highest BCUT2D eigenvalue weighted by molar-refractivity contribution is 7.19. The molecule has 1 amide bonds. The number of aromatic nitrogens is 2. The van der Waals surface area contributed by atoms with Crippen LogP contribution in [-0.4, -0.2) is 35.5 Å². The van der Waals surface area contributed by atoms with E-state index in [1.165, 1.54) is 42.8 Å². The van der Waals surface area contributed by atoms with Gasteiger partial charge >= 0.3 is 5.97 Å². The smallest absolute Gasteiger partial charge is 0.330 e. The third-order valence-electron chi connectivity index (χ3n) is 2.64. The Morgan fingerprint density at radius 3 is 2.83 bits per heavy atom. The summed E-state index contributed by atoms with van der Waals surface area (Å²) in [5, 5.41) is 9.00. The number of aryl methyl sites for hydroxylation is 1. The van der Waals surface area contributed by atoms with Gasteiger partial charge in [-0.05, 0) is 6.92 Å². The molecule has 0 aliphatic heterocycles. The number of rotatable bonds is 6. The molecule has 0 saturated carbocycles. The molecule has 2 aromatic rings. The number of carbonyl (C=O) groups is 2. The van der Waals surface area contributed by atoms with Gasteiger partial charge in [-0.3, -0.25) is 4.79 Å². The number of amides is 1. The Kier molecular flexibility index (Phi) is 5.83. The molecule has 9 heteroatoms. The number of nitrogens with one attached hydrogen (secondary N) is 2. The first kappa shape index (κ1) is 17.1. The zero-order valence-corrected chi connectivity index (χ0v) is 14.5. The summed E-state index contributed by atoms with van der Waals surface area (Å²) >= 11 is 2.85. The van der Waals surface area contributed by atoms with Gasteiger partial charge in [-0.2, -0.15) is 0 Å². The number of ether oxygens (including phenoxy) is 1. The molecule has 2 rings (SSSR count). The second-order valence-electron chi connectivity index (χ2n) is 4.46. The summed E-state index contributed by atoms with van der Waals surface area (Å²) in [7, 11) is 1.33. The van der Waals surface area contributed by atoms with Crippen LogP contribution in [0.4, 0.5) is 10.3 Å². The fraction of sp³-hybridized carbons (Fsp3) is 0.286. The van der Waals surface area contributed by atoms with Gasteiger partial charge in [0.2, 0.25) is 5.91 Å². The Balaban J connectivity index is 2.01. The summed E-state index contributed by atoms with van der Waals surface area (Å²) < 4.78 is 4.51. The van der Waals surface area contributed by atoms with E-state index in [-0.39, 0.29) is 5.91 Å². The van der Waals surface area contributed by atoms with E-state index in [0.29, 0.717) is 11.7 Å². The summed E-state index contributed by atoms with van der Waals surface area (Å²) in [6.45, 7) is 3.80. The molecular weight excluding hydrogens is 336 g/mol. The van der Waals surface area contributed by atoms with Crippen LogP contribution in [0.2, 0.25) is 0 Å². The van der Waals surface area contributed by atoms with E-state index in [4.69, 9.17) is 0 Å². The van der Waals surface area contributed by atoms with Crippen molar-refractivity contribution in [3.63, 3.8) is 0 Å². The number of methoxy groups -OCH3 is 1. The molecule has 7 nitrogen and oxygen atoms in total. The van der Waals surface area contributed by atoms with Crippen LogP contribution >= 0.6 is 22.7 Å².